The Labute approximate surface area is 297 Å². The van der Waals surface area contributed by atoms with Crippen LogP contribution >= 0.6 is 35.0 Å². The van der Waals surface area contributed by atoms with Crippen LogP contribution in [0.1, 0.15) is 26.7 Å². The van der Waals surface area contributed by atoms with Crippen molar-refractivity contribution in [3.8, 4) is 11.5 Å². The molecule has 246 valence electrons. The smallest absolute Gasteiger partial charge is 0.272 e. The molecular weight excluding hydrogens is 681 g/mol. The van der Waals surface area contributed by atoms with E-state index in [2.05, 4.69) is 16.0 Å². The largest absolute Gasteiger partial charge is 0.486 e. The van der Waals surface area contributed by atoms with E-state index in [9.17, 15) is 14.4 Å². The molecule has 3 N–H and O–H groups in total. The molecule has 6 rings (SSSR count). The van der Waals surface area contributed by atoms with E-state index in [-0.39, 0.29) is 11.6 Å². The maximum absolute atomic E-state index is 13.7. The Kier molecular flexibility index (Phi) is 10.8. The third kappa shape index (κ3) is 8.83. The summed E-state index contributed by atoms with van der Waals surface area (Å²) in [6, 6.07) is 35.2. The summed E-state index contributed by atoms with van der Waals surface area (Å²) in [4.78, 5) is 41.2. The van der Waals surface area contributed by atoms with Gasteiger partial charge in [0.05, 0.1) is 0 Å². The Hall–Kier alpha value is -5.22. The van der Waals surface area contributed by atoms with E-state index < -0.39 is 17.1 Å². The van der Waals surface area contributed by atoms with Gasteiger partial charge in [-0.1, -0.05) is 83.9 Å². The predicted molar refractivity (Wildman–Crippen MR) is 195 cm³/mol. The quantitative estimate of drug-likeness (QED) is 0.0990. The van der Waals surface area contributed by atoms with Gasteiger partial charge in [-0.15, -0.1) is 11.8 Å². The van der Waals surface area contributed by atoms with Crippen LogP contribution in [0, 0.1) is 0 Å². The second-order valence-corrected chi connectivity index (χ2v) is 12.8. The van der Waals surface area contributed by atoms with E-state index >= 15 is 0 Å². The van der Waals surface area contributed by atoms with Crippen molar-refractivity contribution in [1.29, 1.82) is 0 Å². The second-order valence-electron chi connectivity index (χ2n) is 10.8. The van der Waals surface area contributed by atoms with E-state index in [1.165, 1.54) is 17.8 Å². The summed E-state index contributed by atoms with van der Waals surface area (Å²) in [6.07, 6.45) is 1.49. The Balaban J connectivity index is 1.23. The minimum atomic E-state index is -0.631. The molecule has 3 amide bonds. The summed E-state index contributed by atoms with van der Waals surface area (Å²) < 4.78 is 11.3. The van der Waals surface area contributed by atoms with Crippen molar-refractivity contribution < 1.29 is 23.9 Å². The molecule has 1 heterocycles. The number of rotatable bonds is 10. The van der Waals surface area contributed by atoms with Crippen LogP contribution in [0.2, 0.25) is 10.0 Å². The van der Waals surface area contributed by atoms with Crippen molar-refractivity contribution in [1.82, 2.24) is 5.32 Å². The molecule has 0 fully saturated rings. The highest BCUT2D eigenvalue weighted by molar-refractivity contribution is 8.00. The van der Waals surface area contributed by atoms with Gasteiger partial charge in [-0.25, -0.2) is 0 Å². The van der Waals surface area contributed by atoms with Crippen molar-refractivity contribution in [2.24, 2.45) is 0 Å². The first kappa shape index (κ1) is 33.7. The van der Waals surface area contributed by atoms with Gasteiger partial charge in [0.25, 0.3) is 11.8 Å². The van der Waals surface area contributed by atoms with Crippen LogP contribution < -0.4 is 25.4 Å². The molecule has 11 heteroatoms. The lowest BCUT2D eigenvalue weighted by Gasteiger charge is -2.20. The second kappa shape index (κ2) is 15.8. The van der Waals surface area contributed by atoms with Gasteiger partial charge in [-0.3, -0.25) is 14.4 Å². The number of thioether (sulfide) groups is 1. The van der Waals surface area contributed by atoms with Crippen LogP contribution in [0.4, 0.5) is 11.4 Å². The summed E-state index contributed by atoms with van der Waals surface area (Å²) in [6.45, 7) is 0.910. The fourth-order valence-corrected chi connectivity index (χ4v) is 6.47. The normalized spacial score (nSPS) is 12.8. The van der Waals surface area contributed by atoms with E-state index in [4.69, 9.17) is 32.7 Å². The first-order valence-corrected chi connectivity index (χ1v) is 16.8. The van der Waals surface area contributed by atoms with Crippen LogP contribution in [0.25, 0.3) is 6.08 Å². The molecule has 1 atom stereocenters. The number of hydrogen-bond acceptors (Lipinski definition) is 6. The van der Waals surface area contributed by atoms with Gasteiger partial charge < -0.3 is 25.4 Å². The topological polar surface area (TPSA) is 106 Å². The van der Waals surface area contributed by atoms with Crippen LogP contribution in [0.3, 0.4) is 0 Å². The van der Waals surface area contributed by atoms with Gasteiger partial charge in [0.2, 0.25) is 5.91 Å². The van der Waals surface area contributed by atoms with Gasteiger partial charge >= 0.3 is 0 Å². The summed E-state index contributed by atoms with van der Waals surface area (Å²) >= 11 is 13.8. The lowest BCUT2D eigenvalue weighted by molar-refractivity contribution is -0.116. The number of fused-ring (bicyclic) bond motifs is 1. The molecule has 1 aliphatic heterocycles. The first-order valence-electron chi connectivity index (χ1n) is 15.2. The number of hydrogen-bond donors (Lipinski definition) is 3. The van der Waals surface area contributed by atoms with Crippen LogP contribution in [0.15, 0.2) is 132 Å². The molecule has 0 bridgehead atoms. The molecule has 1 unspecified atom stereocenters. The first-order chi connectivity index (χ1) is 23.8. The molecule has 5 aromatic rings. The average molecular weight is 711 g/mol. The third-order valence-corrected chi connectivity index (χ3v) is 9.10. The highest BCUT2D eigenvalue weighted by Crippen LogP contribution is 2.38. The van der Waals surface area contributed by atoms with Crippen LogP contribution in [-0.2, 0) is 9.59 Å². The Morgan fingerprint density at radius 2 is 1.43 bits per heavy atom. The molecule has 0 aliphatic carbocycles. The molecule has 0 saturated carbocycles. The van der Waals surface area contributed by atoms with Crippen LogP contribution in [-0.4, -0.2) is 30.9 Å². The molecule has 5 aromatic carbocycles. The minimum Gasteiger partial charge on any atom is -0.486 e. The summed E-state index contributed by atoms with van der Waals surface area (Å²) in [5.74, 6) is -0.0790. The zero-order chi connectivity index (χ0) is 34.2. The molecule has 8 nitrogen and oxygen atoms in total. The van der Waals surface area contributed by atoms with Gasteiger partial charge in [0.15, 0.2) is 11.5 Å². The summed E-state index contributed by atoms with van der Waals surface area (Å²) in [5, 5.41) is 8.70. The van der Waals surface area contributed by atoms with Crippen molar-refractivity contribution >= 4 is 70.1 Å². The van der Waals surface area contributed by atoms with Gasteiger partial charge in [0.1, 0.15) is 24.2 Å². The molecule has 0 aromatic heterocycles. The summed E-state index contributed by atoms with van der Waals surface area (Å²) in [7, 11) is 0. The highest BCUT2D eigenvalue weighted by atomic mass is 35.5. The number of benzene rings is 5. The van der Waals surface area contributed by atoms with Crippen molar-refractivity contribution in [3.63, 3.8) is 0 Å². The Morgan fingerprint density at radius 1 is 0.714 bits per heavy atom. The molecular formula is C38H29Cl2N3O5S. The zero-order valence-electron chi connectivity index (χ0n) is 25.8. The number of carbonyl (C=O) groups is 3. The van der Waals surface area contributed by atoms with E-state index in [1.807, 2.05) is 36.4 Å². The average Bonchev–Trinajstić information content (AvgIpc) is 3.12. The fraction of sp³-hybridized carbons (Fsp3) is 0.0789. The molecule has 0 radical (unpaired) electrons. The minimum absolute atomic E-state index is 0.0305. The maximum atomic E-state index is 13.7. The lowest BCUT2D eigenvalue weighted by atomic mass is 10.1. The van der Waals surface area contributed by atoms with Crippen molar-refractivity contribution in [2.45, 2.75) is 10.1 Å². The SMILES string of the molecule is O=C(Nc1cccc(SC(C(=O)Nc2ccc3c(c2)OCCO3)c2ccccc2)c1)/C(=C\c1ccc(Cl)cc1Cl)NC(=O)c1ccccc1. The van der Waals surface area contributed by atoms with E-state index in [1.54, 1.807) is 84.9 Å². The Bertz CT molecular complexity index is 2030. The predicted octanol–water partition coefficient (Wildman–Crippen LogP) is 8.65. The molecule has 49 heavy (non-hydrogen) atoms. The zero-order valence-corrected chi connectivity index (χ0v) is 28.1. The van der Waals surface area contributed by atoms with Crippen molar-refractivity contribution in [3.05, 3.63) is 154 Å². The number of ether oxygens (including phenoxy) is 2. The van der Waals surface area contributed by atoms with Gasteiger partial charge in [0, 0.05) is 37.9 Å². The standard InChI is InChI=1S/C38H29Cl2N3O5S/c39-27-15-14-26(31(40)21-27)20-32(43-36(44)25-10-5-2-6-11-25)37(45)41-28-12-7-13-30(22-28)49-35(24-8-3-1-4-9-24)38(46)42-29-16-17-33-34(23-29)48-19-18-47-33/h1-17,20-23,35H,18-19H2,(H,41,45)(H,42,46)(H,43,44)/b32-20+. The van der Waals surface area contributed by atoms with Crippen molar-refractivity contribution in [2.75, 3.05) is 23.8 Å². The molecule has 0 saturated heterocycles. The molecule has 0 spiro atoms. The maximum Gasteiger partial charge on any atom is 0.272 e. The number of amides is 3. The number of anilines is 2. The molecule has 1 aliphatic rings. The van der Waals surface area contributed by atoms with E-state index in [0.717, 1.165) is 10.5 Å². The van der Waals surface area contributed by atoms with Crippen LogP contribution in [0.5, 0.6) is 11.5 Å². The summed E-state index contributed by atoms with van der Waals surface area (Å²) in [5.41, 5.74) is 2.67. The number of carbonyl (C=O) groups excluding carboxylic acids is 3. The fourth-order valence-electron chi connectivity index (χ4n) is 4.93. The number of nitrogens with one attached hydrogen (secondary N) is 3. The Morgan fingerprint density at radius 3 is 2.18 bits per heavy atom. The lowest BCUT2D eigenvalue weighted by Crippen LogP contribution is -2.30. The highest BCUT2D eigenvalue weighted by Gasteiger charge is 2.24. The van der Waals surface area contributed by atoms with E-state index in [0.29, 0.717) is 57.3 Å². The monoisotopic (exact) mass is 709 g/mol. The van der Waals surface area contributed by atoms with Gasteiger partial charge in [-0.05, 0) is 71.8 Å². The van der Waals surface area contributed by atoms with Gasteiger partial charge in [-0.2, -0.15) is 0 Å². The third-order valence-electron chi connectivity index (χ3n) is 7.29. The number of halogens is 2.